The maximum atomic E-state index is 13.3. The molecule has 3 aliphatic rings. The number of dihydropyridines is 1. The average molecular weight is 571 g/mol. The Kier molecular flexibility index (Phi) is 6.82. The highest BCUT2D eigenvalue weighted by atomic mass is 79.9. The lowest BCUT2D eigenvalue weighted by Crippen LogP contribution is -2.39. The molecule has 0 aromatic carbocycles. The predicted molar refractivity (Wildman–Crippen MR) is 118 cm³/mol. The Morgan fingerprint density at radius 3 is 2.65 bits per heavy atom. The number of amides is 1. The molecule has 0 spiro atoms. The van der Waals surface area contributed by atoms with E-state index in [9.17, 15) is 31.1 Å². The largest absolute Gasteiger partial charge is 0.572 e. The molecule has 1 aromatic rings. The summed E-state index contributed by atoms with van der Waals surface area (Å²) in [4.78, 5) is 13.9. The number of rotatable bonds is 4. The Morgan fingerprint density at radius 2 is 2.00 bits per heavy atom. The minimum atomic E-state index is -4.91. The van der Waals surface area contributed by atoms with Crippen molar-refractivity contribution in [3.8, 4) is 0 Å². The molecule has 0 bridgehead atoms. The smallest absolute Gasteiger partial charge is 0.410 e. The van der Waals surface area contributed by atoms with Crippen LogP contribution in [-0.2, 0) is 4.74 Å². The molecule has 1 saturated heterocycles. The minimum Gasteiger partial charge on any atom is -0.410 e. The van der Waals surface area contributed by atoms with E-state index in [1.165, 1.54) is 12.1 Å². The van der Waals surface area contributed by atoms with Gasteiger partial charge in [0.15, 0.2) is 5.69 Å². The monoisotopic (exact) mass is 570 g/mol. The topological polar surface area (TPSA) is 59.4 Å². The number of carbonyl (C=O) groups excluding carboxylic acids is 1. The minimum absolute atomic E-state index is 0.00945. The van der Waals surface area contributed by atoms with Crippen LogP contribution in [0.1, 0.15) is 22.6 Å². The molecule has 34 heavy (non-hydrogen) atoms. The summed E-state index contributed by atoms with van der Waals surface area (Å²) in [6, 6.07) is -0.633. The van der Waals surface area contributed by atoms with Gasteiger partial charge in [0.1, 0.15) is 11.8 Å². The molecule has 1 aromatic heterocycles. The van der Waals surface area contributed by atoms with Crippen molar-refractivity contribution >= 4 is 44.9 Å². The third kappa shape index (κ3) is 5.65. The Morgan fingerprint density at radius 1 is 1.24 bits per heavy atom. The second-order valence-corrected chi connectivity index (χ2v) is 9.79. The number of allylic oxidation sites excluding steroid dienone is 6. The molecule has 6 nitrogen and oxygen atoms in total. The summed E-state index contributed by atoms with van der Waals surface area (Å²) >= 11 is 4.81. The van der Waals surface area contributed by atoms with Gasteiger partial charge < -0.3 is 15.0 Å². The van der Waals surface area contributed by atoms with Gasteiger partial charge in [-0.2, -0.15) is 18.3 Å². The third-order valence-corrected chi connectivity index (χ3v) is 6.60. The quantitative estimate of drug-likeness (QED) is 0.412. The highest BCUT2D eigenvalue weighted by Gasteiger charge is 2.39. The number of carbonyl (C=O) groups is 1. The van der Waals surface area contributed by atoms with E-state index < -0.39 is 29.3 Å². The summed E-state index contributed by atoms with van der Waals surface area (Å²) in [7, 11) is 0. The molecule has 3 heterocycles. The van der Waals surface area contributed by atoms with Crippen molar-refractivity contribution in [1.29, 1.82) is 0 Å². The number of ether oxygens (including phenoxy) is 1. The lowest BCUT2D eigenvalue weighted by atomic mass is 10.0. The van der Waals surface area contributed by atoms with Crippen molar-refractivity contribution in [3.05, 3.63) is 53.7 Å². The summed E-state index contributed by atoms with van der Waals surface area (Å²) < 4.78 is 83.5. The van der Waals surface area contributed by atoms with Crippen molar-refractivity contribution in [2.24, 2.45) is 0 Å². The van der Waals surface area contributed by atoms with Gasteiger partial charge in [0.2, 0.25) is 0 Å². The summed E-state index contributed by atoms with van der Waals surface area (Å²) in [6.07, 6.45) is -3.52. The number of halogens is 7. The first-order chi connectivity index (χ1) is 15.9. The van der Waals surface area contributed by atoms with Crippen LogP contribution in [0.3, 0.4) is 0 Å². The zero-order valence-electron chi connectivity index (χ0n) is 17.2. The van der Waals surface area contributed by atoms with E-state index in [-0.39, 0.29) is 34.8 Å². The fourth-order valence-corrected chi connectivity index (χ4v) is 5.12. The maximum absolute atomic E-state index is 13.3. The molecular formula is C20H17BrF6N4O2S. The molecule has 2 aliphatic heterocycles. The van der Waals surface area contributed by atoms with E-state index in [0.717, 1.165) is 28.8 Å². The van der Waals surface area contributed by atoms with E-state index in [1.54, 1.807) is 22.7 Å². The number of nitrogens with zero attached hydrogens (tertiary/aromatic N) is 3. The van der Waals surface area contributed by atoms with Gasteiger partial charge in [0.25, 0.3) is 5.91 Å². The van der Waals surface area contributed by atoms with E-state index in [4.69, 9.17) is 0 Å². The molecule has 2 atom stereocenters. The Balaban J connectivity index is 1.78. The lowest BCUT2D eigenvalue weighted by molar-refractivity contribution is -0.306. The van der Waals surface area contributed by atoms with E-state index in [0.29, 0.717) is 12.4 Å². The molecule has 14 heteroatoms. The Bertz CT molecular complexity index is 1090. The van der Waals surface area contributed by atoms with Crippen LogP contribution in [0.4, 0.5) is 26.3 Å². The van der Waals surface area contributed by atoms with Crippen LogP contribution in [-0.4, -0.2) is 62.2 Å². The van der Waals surface area contributed by atoms with Gasteiger partial charge in [-0.3, -0.25) is 4.79 Å². The number of hydrogen-bond acceptors (Lipinski definition) is 5. The number of aromatic nitrogens is 2. The van der Waals surface area contributed by atoms with Gasteiger partial charge in [-0.25, -0.2) is 4.68 Å². The first-order valence-corrected chi connectivity index (χ1v) is 12.0. The third-order valence-electron chi connectivity index (χ3n) is 5.05. The lowest BCUT2D eigenvalue weighted by Gasteiger charge is -2.23. The molecular weight excluding hydrogens is 554 g/mol. The fraction of sp³-hybridized carbons (Fsp3) is 0.400. The molecule has 2 unspecified atom stereocenters. The van der Waals surface area contributed by atoms with E-state index >= 15 is 0 Å². The highest BCUT2D eigenvalue weighted by molar-refractivity contribution is 9.09. The summed E-state index contributed by atoms with van der Waals surface area (Å²) in [6.45, 7) is 0.490. The van der Waals surface area contributed by atoms with Gasteiger partial charge in [0.05, 0.1) is 17.3 Å². The van der Waals surface area contributed by atoms with Crippen molar-refractivity contribution in [2.75, 3.05) is 18.2 Å². The number of alkyl halides is 7. The zero-order chi connectivity index (χ0) is 24.7. The first-order valence-electron chi connectivity index (χ1n) is 9.92. The normalized spacial score (nSPS) is 23.3. The summed E-state index contributed by atoms with van der Waals surface area (Å²) in [5, 5.41) is 6.44. The number of thioether (sulfide) groups is 1. The van der Waals surface area contributed by atoms with Crippen molar-refractivity contribution in [3.63, 3.8) is 0 Å². The molecule has 1 N–H and O–H groups in total. The SMILES string of the molecule is O=C(c1cc(C2=CC(Br)CC(OC(F)(F)F)=C2)n(C2=CC(C(F)(F)F)NC=C2)n1)N1CCSC1. The van der Waals surface area contributed by atoms with Crippen LogP contribution < -0.4 is 5.32 Å². The van der Waals surface area contributed by atoms with Gasteiger partial charge in [0, 0.05) is 29.1 Å². The fourth-order valence-electron chi connectivity index (χ4n) is 3.57. The van der Waals surface area contributed by atoms with Crippen molar-refractivity contribution in [2.45, 2.75) is 29.8 Å². The molecule has 1 aliphatic carbocycles. The Labute approximate surface area is 202 Å². The van der Waals surface area contributed by atoms with Crippen LogP contribution >= 0.6 is 27.7 Å². The molecule has 1 amide bonds. The second-order valence-electron chi connectivity index (χ2n) is 7.54. The average Bonchev–Trinajstić information content (AvgIpc) is 3.41. The van der Waals surface area contributed by atoms with E-state index in [1.807, 2.05) is 0 Å². The van der Waals surface area contributed by atoms with Gasteiger partial charge in [-0.15, -0.1) is 24.9 Å². The van der Waals surface area contributed by atoms with Crippen LogP contribution in [0.5, 0.6) is 0 Å². The molecule has 0 saturated carbocycles. The van der Waals surface area contributed by atoms with Crippen LogP contribution in [0, 0.1) is 0 Å². The molecule has 0 radical (unpaired) electrons. The highest BCUT2D eigenvalue weighted by Crippen LogP contribution is 2.35. The van der Waals surface area contributed by atoms with Gasteiger partial charge in [-0.1, -0.05) is 22.0 Å². The molecule has 4 rings (SSSR count). The van der Waals surface area contributed by atoms with Crippen LogP contribution in [0.2, 0.25) is 0 Å². The predicted octanol–water partition coefficient (Wildman–Crippen LogP) is 4.89. The standard InChI is InChI=1S/C20H17BrF6N4O2S/c21-12-5-11(6-14(7-12)33-20(25,26)27)16-9-15(18(32)30-3-4-34-10-30)29-31(16)13-1-2-28-17(8-13)19(22,23)24/h1-2,5-6,8-9,12,17,28H,3-4,7,10H2. The number of nitrogens with one attached hydrogen (secondary N) is 1. The first kappa shape index (κ1) is 24.8. The zero-order valence-corrected chi connectivity index (χ0v) is 19.6. The molecule has 184 valence electrons. The summed E-state index contributed by atoms with van der Waals surface area (Å²) in [5.41, 5.74) is 0.348. The summed E-state index contributed by atoms with van der Waals surface area (Å²) in [5.74, 6) is 0.382. The van der Waals surface area contributed by atoms with Crippen molar-refractivity contribution in [1.82, 2.24) is 20.0 Å². The van der Waals surface area contributed by atoms with Gasteiger partial charge in [-0.05, 0) is 30.5 Å². The second kappa shape index (κ2) is 9.36. The van der Waals surface area contributed by atoms with E-state index in [2.05, 4.69) is 31.1 Å². The van der Waals surface area contributed by atoms with Gasteiger partial charge >= 0.3 is 12.5 Å². The Hall–Kier alpha value is -2.35. The maximum Gasteiger partial charge on any atom is 0.572 e. The molecule has 1 fully saturated rings. The number of hydrogen-bond donors (Lipinski definition) is 1. The van der Waals surface area contributed by atoms with Crippen LogP contribution in [0.25, 0.3) is 11.3 Å². The van der Waals surface area contributed by atoms with Crippen molar-refractivity contribution < 1.29 is 35.9 Å². The van der Waals surface area contributed by atoms with Crippen LogP contribution in [0.15, 0.2) is 42.3 Å².